The summed E-state index contributed by atoms with van der Waals surface area (Å²) in [7, 11) is 0. The number of halogens is 2. The zero-order valence-corrected chi connectivity index (χ0v) is 11.1. The fourth-order valence-corrected chi connectivity index (χ4v) is 4.76. The van der Waals surface area contributed by atoms with E-state index in [0.717, 1.165) is 6.42 Å². The molecule has 0 aromatic heterocycles. The number of aliphatic hydroxyl groups is 1. The van der Waals surface area contributed by atoms with Crippen LogP contribution < -0.4 is 0 Å². The molecule has 0 unspecified atom stereocenters. The van der Waals surface area contributed by atoms with Crippen molar-refractivity contribution in [2.45, 2.75) is 62.4 Å². The van der Waals surface area contributed by atoms with Crippen molar-refractivity contribution in [1.82, 2.24) is 0 Å². The smallest absolute Gasteiger partial charge is 0.308 e. The molecular weight excluding hydrogens is 254 g/mol. The van der Waals surface area contributed by atoms with Gasteiger partial charge in [0.15, 0.2) is 0 Å². The highest BCUT2D eigenvalue weighted by atomic mass is 19.2. The summed E-state index contributed by atoms with van der Waals surface area (Å²) in [5.41, 5.74) is -6.16. The first-order valence-electron chi connectivity index (χ1n) is 7.08. The Morgan fingerprint density at radius 1 is 1.21 bits per heavy atom. The second-order valence-corrected chi connectivity index (χ2v) is 6.56. The number of carbonyl (C=O) groups is 1. The molecule has 0 amide bonds. The highest BCUT2D eigenvalue weighted by Crippen LogP contribution is 2.65. The van der Waals surface area contributed by atoms with Crippen molar-refractivity contribution in [2.24, 2.45) is 11.8 Å². The molecule has 0 aliphatic heterocycles. The fourth-order valence-electron chi connectivity index (χ4n) is 4.76. The summed E-state index contributed by atoms with van der Waals surface area (Å²) in [6, 6.07) is 0. The Morgan fingerprint density at radius 3 is 2.11 bits per heavy atom. The average molecular weight is 274 g/mol. The molecule has 4 bridgehead atoms. The van der Waals surface area contributed by atoms with E-state index < -0.39 is 29.3 Å². The van der Waals surface area contributed by atoms with E-state index in [2.05, 4.69) is 0 Å². The first kappa shape index (κ1) is 13.3. The monoisotopic (exact) mass is 274 g/mol. The van der Waals surface area contributed by atoms with Crippen LogP contribution in [-0.2, 0) is 9.53 Å². The summed E-state index contributed by atoms with van der Waals surface area (Å²) in [4.78, 5) is 11.6. The van der Waals surface area contributed by atoms with Gasteiger partial charge in [0.2, 0.25) is 0 Å². The van der Waals surface area contributed by atoms with E-state index in [9.17, 15) is 9.90 Å². The van der Waals surface area contributed by atoms with Gasteiger partial charge in [0.05, 0.1) is 13.0 Å². The first-order valence-corrected chi connectivity index (χ1v) is 7.08. The summed E-state index contributed by atoms with van der Waals surface area (Å²) in [5.74, 6) is -0.707. The molecule has 0 spiro atoms. The topological polar surface area (TPSA) is 46.5 Å². The highest BCUT2D eigenvalue weighted by molar-refractivity contribution is 5.71. The van der Waals surface area contributed by atoms with Gasteiger partial charge in [0.25, 0.3) is 0 Å². The second kappa shape index (κ2) is 3.90. The maximum absolute atomic E-state index is 15.1. The molecule has 4 aliphatic carbocycles. The van der Waals surface area contributed by atoms with Crippen molar-refractivity contribution in [3.63, 3.8) is 0 Å². The van der Waals surface area contributed by atoms with Crippen molar-refractivity contribution in [3.05, 3.63) is 0 Å². The molecule has 4 fully saturated rings. The van der Waals surface area contributed by atoms with Crippen molar-refractivity contribution in [2.75, 3.05) is 6.61 Å². The van der Waals surface area contributed by atoms with Crippen LogP contribution in [0.5, 0.6) is 0 Å². The van der Waals surface area contributed by atoms with Crippen LogP contribution in [0.15, 0.2) is 0 Å². The van der Waals surface area contributed by atoms with Crippen molar-refractivity contribution >= 4 is 5.97 Å². The molecule has 3 nitrogen and oxygen atoms in total. The minimum Gasteiger partial charge on any atom is -0.466 e. The lowest BCUT2D eigenvalue weighted by Gasteiger charge is -2.64. The van der Waals surface area contributed by atoms with Gasteiger partial charge in [-0.25, -0.2) is 8.78 Å². The Morgan fingerprint density at radius 2 is 1.68 bits per heavy atom. The average Bonchev–Trinajstić information content (AvgIpc) is 2.24. The van der Waals surface area contributed by atoms with Crippen LogP contribution in [0, 0.1) is 11.8 Å². The van der Waals surface area contributed by atoms with Crippen molar-refractivity contribution in [1.29, 1.82) is 0 Å². The van der Waals surface area contributed by atoms with Crippen molar-refractivity contribution in [3.8, 4) is 0 Å². The molecule has 0 saturated heterocycles. The predicted octanol–water partition coefficient (Wildman–Crippen LogP) is 2.31. The number of alkyl halides is 2. The second-order valence-electron chi connectivity index (χ2n) is 6.56. The number of ether oxygens (including phenoxy) is 1. The Balaban J connectivity index is 1.92. The van der Waals surface area contributed by atoms with E-state index in [1.54, 1.807) is 6.92 Å². The molecule has 19 heavy (non-hydrogen) atoms. The summed E-state index contributed by atoms with van der Waals surface area (Å²) in [6.45, 7) is 1.79. The molecule has 0 atom stereocenters. The minimum absolute atomic E-state index is 0.00460. The lowest BCUT2D eigenvalue weighted by Crippen LogP contribution is -2.74. The summed E-state index contributed by atoms with van der Waals surface area (Å²) in [5, 5.41) is 10.7. The highest BCUT2D eigenvalue weighted by Gasteiger charge is 2.74. The van der Waals surface area contributed by atoms with Gasteiger partial charge < -0.3 is 9.84 Å². The third-order valence-electron chi connectivity index (χ3n) is 5.30. The maximum atomic E-state index is 15.1. The first-order chi connectivity index (χ1) is 8.82. The zero-order valence-electron chi connectivity index (χ0n) is 11.1. The third kappa shape index (κ3) is 1.66. The molecule has 108 valence electrons. The summed E-state index contributed by atoms with van der Waals surface area (Å²) >= 11 is 0. The Bertz CT molecular complexity index is 373. The van der Waals surface area contributed by atoms with Gasteiger partial charge in [-0.3, -0.25) is 4.79 Å². The molecule has 0 aromatic carbocycles. The number of hydrogen-bond acceptors (Lipinski definition) is 3. The minimum atomic E-state index is -2.21. The van der Waals surface area contributed by atoms with Gasteiger partial charge in [-0.2, -0.15) is 0 Å². The number of hydrogen-bond donors (Lipinski definition) is 1. The van der Waals surface area contributed by atoms with Gasteiger partial charge in [-0.05, 0) is 50.9 Å². The van der Waals surface area contributed by atoms with Crippen LogP contribution in [0.3, 0.4) is 0 Å². The van der Waals surface area contributed by atoms with E-state index >= 15 is 8.78 Å². The van der Waals surface area contributed by atoms with Crippen molar-refractivity contribution < 1.29 is 23.4 Å². The molecule has 4 aliphatic rings. The molecule has 0 aromatic rings. The molecule has 0 radical (unpaired) electrons. The predicted molar refractivity (Wildman–Crippen MR) is 63.9 cm³/mol. The van der Waals surface area contributed by atoms with Crippen LogP contribution in [0.25, 0.3) is 0 Å². The van der Waals surface area contributed by atoms with E-state index in [0.29, 0.717) is 0 Å². The zero-order chi connectivity index (χ0) is 13.9. The summed E-state index contributed by atoms with van der Waals surface area (Å²) < 4.78 is 34.9. The third-order valence-corrected chi connectivity index (χ3v) is 5.30. The fraction of sp³-hybridized carbons (Fsp3) is 0.929. The van der Waals surface area contributed by atoms with Gasteiger partial charge in [0.1, 0.15) is 16.9 Å². The number of carbonyl (C=O) groups excluding carboxylic acids is 1. The van der Waals surface area contributed by atoms with E-state index in [1.807, 2.05) is 0 Å². The van der Waals surface area contributed by atoms with Crippen LogP contribution in [0.4, 0.5) is 8.78 Å². The lowest BCUT2D eigenvalue weighted by molar-refractivity contribution is -0.283. The normalized spacial score (nSPS) is 51.4. The number of rotatable bonds is 3. The standard InChI is InChI=1S/C14H20F2O3/c1-2-19-11(17)8-14(18)12(15)4-9-3-10(6-12)7-13(14,16)5-9/h9-10,18H,2-8H2,1H3. The van der Waals surface area contributed by atoms with Gasteiger partial charge in [-0.1, -0.05) is 0 Å². The molecule has 1 N–H and O–H groups in total. The Hall–Kier alpha value is -0.710. The molecule has 0 heterocycles. The van der Waals surface area contributed by atoms with Gasteiger partial charge >= 0.3 is 5.97 Å². The maximum Gasteiger partial charge on any atom is 0.308 e. The van der Waals surface area contributed by atoms with E-state index in [4.69, 9.17) is 4.74 Å². The Labute approximate surface area is 111 Å². The van der Waals surface area contributed by atoms with Crippen LogP contribution in [0.2, 0.25) is 0 Å². The van der Waals surface area contributed by atoms with Crippen LogP contribution >= 0.6 is 0 Å². The number of esters is 1. The van der Waals surface area contributed by atoms with Gasteiger partial charge in [-0.15, -0.1) is 0 Å². The molecule has 5 heteroatoms. The quantitative estimate of drug-likeness (QED) is 0.803. The largest absolute Gasteiger partial charge is 0.466 e. The van der Waals surface area contributed by atoms with Gasteiger partial charge in [0, 0.05) is 0 Å². The lowest BCUT2D eigenvalue weighted by atomic mass is 9.46. The molecule has 4 saturated carbocycles. The van der Waals surface area contributed by atoms with Crippen LogP contribution in [-0.4, -0.2) is 34.6 Å². The van der Waals surface area contributed by atoms with E-state index in [-0.39, 0.29) is 44.1 Å². The Kier molecular flexibility index (Phi) is 2.73. The molecule has 4 rings (SSSR count). The SMILES string of the molecule is CCOC(=O)CC1(O)C2(F)CC3CC(C2)CC1(F)C3. The van der Waals surface area contributed by atoms with Crippen LogP contribution in [0.1, 0.15) is 45.4 Å². The van der Waals surface area contributed by atoms with E-state index in [1.165, 1.54) is 0 Å². The summed E-state index contributed by atoms with van der Waals surface area (Å²) in [6.07, 6.45) is 0.965. The molecular formula is C14H20F2O3.